The second-order valence-corrected chi connectivity index (χ2v) is 3.27. The predicted octanol–water partition coefficient (Wildman–Crippen LogP) is 1.56. The molecule has 4 unspecified atom stereocenters. The van der Waals surface area contributed by atoms with Gasteiger partial charge in [-0.1, -0.05) is 20.8 Å². The number of hydrogen-bond acceptors (Lipinski definition) is 1. The molecule has 1 fully saturated rings. The van der Waals surface area contributed by atoms with Gasteiger partial charge in [0.2, 0.25) is 0 Å². The molecule has 1 nitrogen and oxygen atoms in total. The van der Waals surface area contributed by atoms with E-state index in [4.69, 9.17) is 12.6 Å². The fourth-order valence-corrected chi connectivity index (χ4v) is 1.56. The van der Waals surface area contributed by atoms with Crippen molar-refractivity contribution in [2.24, 2.45) is 11.8 Å². The Morgan fingerprint density at radius 3 is 2.00 bits per heavy atom. The van der Waals surface area contributed by atoms with Crippen molar-refractivity contribution in [2.75, 3.05) is 0 Å². The Balaban J connectivity index is 0.000001000. The van der Waals surface area contributed by atoms with Gasteiger partial charge in [0, 0.05) is 6.00 Å². The van der Waals surface area contributed by atoms with Gasteiger partial charge in [-0.15, -0.1) is 0 Å². The molecule has 1 saturated heterocycles. The Morgan fingerprint density at radius 1 is 1.27 bits per heavy atom. The van der Waals surface area contributed by atoms with E-state index >= 15 is 0 Å². The monoisotopic (exact) mass is 340 g/mol. The van der Waals surface area contributed by atoms with Crippen LogP contribution in [0.5, 0.6) is 0 Å². The first-order chi connectivity index (χ1) is 4.66. The fraction of sp³-hybridized carbons (Fsp3) is 1.00. The van der Waals surface area contributed by atoms with Gasteiger partial charge in [0.05, 0.1) is 6.10 Å². The average molecular weight is 339 g/mol. The summed E-state index contributed by atoms with van der Waals surface area (Å²) in [5, 5.41) is 0. The van der Waals surface area contributed by atoms with Crippen LogP contribution in [0.4, 0.5) is 0 Å². The molecule has 1 heterocycles. The molecule has 0 aliphatic carbocycles. The molecule has 0 aromatic heterocycles. The van der Waals surface area contributed by atoms with Crippen LogP contribution in [0.25, 0.3) is 0 Å². The minimum absolute atomic E-state index is 0. The van der Waals surface area contributed by atoms with Gasteiger partial charge in [0.1, 0.15) is 7.85 Å². The van der Waals surface area contributed by atoms with Gasteiger partial charge in [-0.05, 0) is 18.3 Å². The first-order valence-corrected chi connectivity index (χ1v) is 4.07. The van der Waals surface area contributed by atoms with Crippen molar-refractivity contribution in [3.8, 4) is 0 Å². The molecule has 0 N–H and O–H groups in total. The maximum atomic E-state index is 5.71. The van der Waals surface area contributed by atoms with Gasteiger partial charge in [0.15, 0.2) is 0 Å². The Hall–Kier alpha value is 0.960. The van der Waals surface area contributed by atoms with Crippen molar-refractivity contribution < 1.29 is 32.4 Å². The Bertz CT molecular complexity index is 121. The quantitative estimate of drug-likeness (QED) is 0.659. The fourth-order valence-electron chi connectivity index (χ4n) is 1.56. The van der Waals surface area contributed by atoms with Gasteiger partial charge in [0.25, 0.3) is 0 Å². The van der Waals surface area contributed by atoms with Crippen molar-refractivity contribution in [3.63, 3.8) is 0 Å². The van der Waals surface area contributed by atoms with E-state index < -0.39 is 0 Å². The van der Waals surface area contributed by atoms with E-state index in [0.717, 1.165) is 6.42 Å². The minimum Gasteiger partial charge on any atom is -0.384 e. The molecule has 4 atom stereocenters. The molecule has 11 heavy (non-hydrogen) atoms. The van der Waals surface area contributed by atoms with Crippen molar-refractivity contribution in [1.82, 2.24) is 0 Å². The molecule has 0 spiro atoms. The molecule has 57 valence electrons. The van der Waals surface area contributed by atoms with E-state index in [0.29, 0.717) is 17.9 Å². The molecule has 1 aliphatic heterocycles. The average Bonchev–Trinajstić information content (AvgIpc) is 2.17. The molecule has 1 aliphatic rings. The zero-order valence-corrected chi connectivity index (χ0v) is 13.2. The summed E-state index contributed by atoms with van der Waals surface area (Å²) in [5.74, 6) is 1.14. The van der Waals surface area contributed by atoms with Crippen LogP contribution in [0.2, 0.25) is 0 Å². The summed E-state index contributed by atoms with van der Waals surface area (Å²) in [5.41, 5.74) is 0. The molecule has 0 aromatic carbocycles. The van der Waals surface area contributed by atoms with Crippen LogP contribution in [-0.4, -0.2) is 20.0 Å². The molecule has 3 radical (unpaired) electrons. The zero-order valence-electron chi connectivity index (χ0n) is 7.71. The summed E-state index contributed by atoms with van der Waals surface area (Å²) in [6.45, 7) is 6.52. The van der Waals surface area contributed by atoms with E-state index in [2.05, 4.69) is 20.8 Å². The maximum absolute atomic E-state index is 5.71. The van der Waals surface area contributed by atoms with E-state index in [9.17, 15) is 0 Å². The van der Waals surface area contributed by atoms with Crippen LogP contribution in [-0.2, 0) is 32.4 Å². The van der Waals surface area contributed by atoms with Crippen LogP contribution in [0, 0.1) is 11.8 Å². The van der Waals surface area contributed by atoms with Gasteiger partial charge < -0.3 is 4.74 Å². The van der Waals surface area contributed by atoms with E-state index in [-0.39, 0.29) is 33.7 Å². The summed E-state index contributed by atoms with van der Waals surface area (Å²) in [6, 6.07) is -0.0278. The van der Waals surface area contributed by atoms with Crippen LogP contribution in [0.15, 0.2) is 0 Å². The van der Waals surface area contributed by atoms with Crippen LogP contribution < -0.4 is 0 Å². The standard InChI is InChI=1S/C8H15BO.Hg/c1-4-7-5(2)6(3)8(9)10-7;/h5-8H,4H2,1-3H3;/q;+1. The topological polar surface area (TPSA) is 9.23 Å². The summed E-state index contributed by atoms with van der Waals surface area (Å²) in [7, 11) is 5.71. The van der Waals surface area contributed by atoms with E-state index in [1.165, 1.54) is 0 Å². The van der Waals surface area contributed by atoms with Crippen LogP contribution >= 0.6 is 0 Å². The normalized spacial score (nSPS) is 43.5. The number of ether oxygens (including phenoxy) is 1. The van der Waals surface area contributed by atoms with E-state index in [1.807, 2.05) is 0 Å². The molecule has 0 bridgehead atoms. The molecule has 0 saturated carbocycles. The Kier molecular flexibility index (Phi) is 5.28. The molecule has 0 amide bonds. The van der Waals surface area contributed by atoms with Crippen molar-refractivity contribution in [1.29, 1.82) is 0 Å². The Morgan fingerprint density at radius 2 is 1.82 bits per heavy atom. The summed E-state index contributed by atoms with van der Waals surface area (Å²) in [6.07, 6.45) is 1.48. The molecule has 0 aromatic rings. The van der Waals surface area contributed by atoms with Crippen molar-refractivity contribution in [2.45, 2.75) is 39.3 Å². The second kappa shape index (κ2) is 4.86. The first-order valence-electron chi connectivity index (χ1n) is 4.07. The second-order valence-electron chi connectivity index (χ2n) is 3.27. The smallest absolute Gasteiger partial charge is 0.384 e. The van der Waals surface area contributed by atoms with Crippen molar-refractivity contribution in [3.05, 3.63) is 0 Å². The molecule has 1 rings (SSSR count). The first kappa shape index (κ1) is 12.0. The minimum atomic E-state index is -0.0278. The largest absolute Gasteiger partial charge is 1.00 e. The van der Waals surface area contributed by atoms with Crippen LogP contribution in [0.3, 0.4) is 0 Å². The summed E-state index contributed by atoms with van der Waals surface area (Å²) < 4.78 is 5.51. The third-order valence-corrected chi connectivity index (χ3v) is 2.67. The van der Waals surface area contributed by atoms with Gasteiger partial charge >= 0.3 is 27.7 Å². The third-order valence-electron chi connectivity index (χ3n) is 2.67. The number of hydrogen-bond donors (Lipinski definition) is 0. The summed E-state index contributed by atoms with van der Waals surface area (Å²) >= 11 is 0. The number of rotatable bonds is 1. The van der Waals surface area contributed by atoms with Crippen molar-refractivity contribution >= 4 is 7.85 Å². The Labute approximate surface area is 91.2 Å². The third kappa shape index (κ3) is 2.45. The summed E-state index contributed by atoms with van der Waals surface area (Å²) in [4.78, 5) is 0. The predicted molar refractivity (Wildman–Crippen MR) is 43.0 cm³/mol. The molecular formula is C8H15BHgO+. The zero-order chi connectivity index (χ0) is 7.72. The van der Waals surface area contributed by atoms with Crippen LogP contribution in [0.1, 0.15) is 27.2 Å². The van der Waals surface area contributed by atoms with E-state index in [1.54, 1.807) is 0 Å². The van der Waals surface area contributed by atoms with Gasteiger partial charge in [-0.3, -0.25) is 0 Å². The van der Waals surface area contributed by atoms with Gasteiger partial charge in [-0.2, -0.15) is 0 Å². The molecular weight excluding hydrogens is 323 g/mol. The molecule has 3 heteroatoms. The van der Waals surface area contributed by atoms with Gasteiger partial charge in [-0.25, -0.2) is 0 Å². The SMILES string of the molecule is [B]C1OC(CC)C(C)C1C.[Hg+]. The maximum Gasteiger partial charge on any atom is 1.00 e.